The highest BCUT2D eigenvalue weighted by atomic mass is 32.3. The van der Waals surface area contributed by atoms with Crippen LogP contribution in [0.4, 0.5) is 0 Å². The Balaban J connectivity index is 0. The first-order valence-electron chi connectivity index (χ1n) is 3.22. The van der Waals surface area contributed by atoms with Crippen LogP contribution in [0, 0.1) is 0 Å². The summed E-state index contributed by atoms with van der Waals surface area (Å²) in [5.74, 6) is 0.910. The van der Waals surface area contributed by atoms with Crippen molar-refractivity contribution in [1.82, 2.24) is 6.15 Å². The lowest BCUT2D eigenvalue weighted by Gasteiger charge is -1.93. The summed E-state index contributed by atoms with van der Waals surface area (Å²) < 4.78 is 36.5. The average Bonchev–Trinajstić information content (AvgIpc) is 2.03. The molecule has 0 aliphatic heterocycles. The second kappa shape index (κ2) is 7.27. The van der Waals surface area contributed by atoms with Crippen LogP contribution in [0.5, 0.6) is 5.75 Å². The van der Waals surface area contributed by atoms with Crippen molar-refractivity contribution in [3.63, 3.8) is 0 Å². The number of hydrogen-bond donors (Lipinski definition) is 3. The van der Waals surface area contributed by atoms with Gasteiger partial charge in [-0.25, -0.2) is 0 Å². The quantitative estimate of drug-likeness (QED) is 0.615. The van der Waals surface area contributed by atoms with Gasteiger partial charge in [-0.05, 0) is 12.1 Å². The van der Waals surface area contributed by atoms with Crippen LogP contribution in [0.2, 0.25) is 0 Å². The van der Waals surface area contributed by atoms with E-state index in [1.54, 1.807) is 7.11 Å². The Hall–Kier alpha value is -1.15. The molecule has 5 N–H and O–H groups in total. The van der Waals surface area contributed by atoms with E-state index in [-0.39, 0.29) is 6.15 Å². The molecule has 0 aromatic heterocycles. The lowest BCUT2D eigenvalue weighted by atomic mass is 10.3. The van der Waals surface area contributed by atoms with Crippen molar-refractivity contribution in [3.8, 4) is 5.75 Å². The maximum absolute atomic E-state index is 8.74. The topological polar surface area (TPSA) is 119 Å². The molecule has 1 aromatic carbocycles. The average molecular weight is 223 g/mol. The van der Waals surface area contributed by atoms with Gasteiger partial charge in [0.05, 0.1) is 7.11 Å². The fourth-order valence-corrected chi connectivity index (χ4v) is 0.557. The second-order valence-corrected chi connectivity index (χ2v) is 2.86. The Labute approximate surface area is 82.7 Å². The SMILES string of the molecule is COc1ccccc1.N.O=S(=O)(O)O. The number of para-hydroxylation sites is 1. The molecule has 0 aliphatic rings. The first-order chi connectivity index (χ1) is 5.93. The van der Waals surface area contributed by atoms with Crippen LogP contribution in [0.25, 0.3) is 0 Å². The van der Waals surface area contributed by atoms with Gasteiger partial charge in [-0.1, -0.05) is 18.2 Å². The van der Waals surface area contributed by atoms with Crippen molar-refractivity contribution in [2.45, 2.75) is 0 Å². The largest absolute Gasteiger partial charge is 0.497 e. The Bertz CT molecular complexity index is 315. The Morgan fingerprint density at radius 2 is 1.50 bits per heavy atom. The molecule has 0 saturated carbocycles. The smallest absolute Gasteiger partial charge is 0.394 e. The Morgan fingerprint density at radius 3 is 1.71 bits per heavy atom. The van der Waals surface area contributed by atoms with E-state index in [0.717, 1.165) is 5.75 Å². The maximum Gasteiger partial charge on any atom is 0.394 e. The third-order valence-corrected chi connectivity index (χ3v) is 0.979. The minimum atomic E-state index is -4.67. The molecule has 1 rings (SSSR count). The number of rotatable bonds is 1. The van der Waals surface area contributed by atoms with Gasteiger partial charge >= 0.3 is 10.4 Å². The number of ether oxygens (including phenoxy) is 1. The lowest BCUT2D eigenvalue weighted by Crippen LogP contribution is -1.89. The van der Waals surface area contributed by atoms with Crippen molar-refractivity contribution in [1.29, 1.82) is 0 Å². The molecule has 0 fully saturated rings. The molecule has 7 heteroatoms. The summed E-state index contributed by atoms with van der Waals surface area (Å²) >= 11 is 0. The van der Waals surface area contributed by atoms with E-state index in [9.17, 15) is 0 Å². The van der Waals surface area contributed by atoms with Crippen molar-refractivity contribution < 1.29 is 22.3 Å². The van der Waals surface area contributed by atoms with Gasteiger partial charge in [0.15, 0.2) is 0 Å². The van der Waals surface area contributed by atoms with E-state index < -0.39 is 10.4 Å². The van der Waals surface area contributed by atoms with Gasteiger partial charge in [-0.2, -0.15) is 8.42 Å². The van der Waals surface area contributed by atoms with E-state index in [2.05, 4.69) is 0 Å². The zero-order chi connectivity index (χ0) is 10.3. The van der Waals surface area contributed by atoms with Crippen LogP contribution < -0.4 is 10.9 Å². The summed E-state index contributed by atoms with van der Waals surface area (Å²) in [4.78, 5) is 0. The lowest BCUT2D eigenvalue weighted by molar-refractivity contribution is 0.381. The van der Waals surface area contributed by atoms with E-state index in [4.69, 9.17) is 22.3 Å². The van der Waals surface area contributed by atoms with Crippen LogP contribution in [0.3, 0.4) is 0 Å². The van der Waals surface area contributed by atoms with Crippen LogP contribution in [0.15, 0.2) is 30.3 Å². The standard InChI is InChI=1S/C7H8O.H3N.H2O4S/c1-8-7-5-3-2-4-6-7;;1-5(2,3)4/h2-6H,1H3;1H3;(H2,1,2,3,4). The van der Waals surface area contributed by atoms with E-state index in [0.29, 0.717) is 0 Å². The third-order valence-electron chi connectivity index (χ3n) is 0.979. The molecule has 0 spiro atoms. The molecule has 0 heterocycles. The zero-order valence-corrected chi connectivity index (χ0v) is 8.44. The third kappa shape index (κ3) is 13.4. The van der Waals surface area contributed by atoms with Crippen molar-refractivity contribution >= 4 is 10.4 Å². The number of hydrogen-bond acceptors (Lipinski definition) is 4. The molecule has 0 aliphatic carbocycles. The van der Waals surface area contributed by atoms with Crippen molar-refractivity contribution in [2.24, 2.45) is 0 Å². The number of benzene rings is 1. The molecule has 0 bridgehead atoms. The summed E-state index contributed by atoms with van der Waals surface area (Å²) in [6.45, 7) is 0. The summed E-state index contributed by atoms with van der Waals surface area (Å²) in [5.41, 5.74) is 0. The van der Waals surface area contributed by atoms with Crippen LogP contribution in [0.1, 0.15) is 0 Å². The van der Waals surface area contributed by atoms with Gasteiger partial charge in [-0.3, -0.25) is 9.11 Å². The first kappa shape index (κ1) is 15.3. The minimum Gasteiger partial charge on any atom is -0.497 e. The summed E-state index contributed by atoms with van der Waals surface area (Å²) in [6.07, 6.45) is 0. The van der Waals surface area contributed by atoms with Gasteiger partial charge in [0.25, 0.3) is 0 Å². The predicted molar refractivity (Wildman–Crippen MR) is 52.2 cm³/mol. The maximum atomic E-state index is 8.74. The molecule has 82 valence electrons. The molecule has 1 aromatic rings. The highest BCUT2D eigenvalue weighted by Crippen LogP contribution is 2.05. The summed E-state index contributed by atoms with van der Waals surface area (Å²) in [6, 6.07) is 9.68. The van der Waals surface area contributed by atoms with Crippen LogP contribution in [-0.2, 0) is 10.4 Å². The van der Waals surface area contributed by atoms with Crippen molar-refractivity contribution in [2.75, 3.05) is 7.11 Å². The van der Waals surface area contributed by atoms with Crippen LogP contribution >= 0.6 is 0 Å². The molecule has 0 amide bonds. The zero-order valence-electron chi connectivity index (χ0n) is 7.62. The van der Waals surface area contributed by atoms with Gasteiger partial charge in [0.2, 0.25) is 0 Å². The number of methoxy groups -OCH3 is 1. The molecule has 0 saturated heterocycles. The minimum absolute atomic E-state index is 0. The molecular formula is C7H13NO5S. The fourth-order valence-electron chi connectivity index (χ4n) is 0.557. The molecule has 14 heavy (non-hydrogen) atoms. The summed E-state index contributed by atoms with van der Waals surface area (Å²) in [5, 5.41) is 0. The van der Waals surface area contributed by atoms with Gasteiger partial charge in [-0.15, -0.1) is 0 Å². The van der Waals surface area contributed by atoms with E-state index >= 15 is 0 Å². The van der Waals surface area contributed by atoms with E-state index in [1.807, 2.05) is 30.3 Å². The van der Waals surface area contributed by atoms with Gasteiger partial charge in [0, 0.05) is 0 Å². The van der Waals surface area contributed by atoms with Gasteiger partial charge < -0.3 is 10.9 Å². The highest BCUT2D eigenvalue weighted by Gasteiger charge is 1.84. The Morgan fingerprint density at radius 1 is 1.14 bits per heavy atom. The van der Waals surface area contributed by atoms with Gasteiger partial charge in [0.1, 0.15) is 5.75 Å². The molecular weight excluding hydrogens is 210 g/mol. The predicted octanol–water partition coefficient (Wildman–Crippen LogP) is 1.20. The monoisotopic (exact) mass is 223 g/mol. The van der Waals surface area contributed by atoms with Crippen LogP contribution in [-0.4, -0.2) is 24.6 Å². The molecule has 0 unspecified atom stereocenters. The second-order valence-electron chi connectivity index (χ2n) is 1.97. The summed E-state index contributed by atoms with van der Waals surface area (Å²) in [7, 11) is -3.00. The molecule has 6 nitrogen and oxygen atoms in total. The normalized spacial score (nSPS) is 9.07. The van der Waals surface area contributed by atoms with E-state index in [1.165, 1.54) is 0 Å². The highest BCUT2D eigenvalue weighted by molar-refractivity contribution is 7.79. The molecule has 0 atom stereocenters. The molecule has 0 radical (unpaired) electrons. The Kier molecular flexibility index (Phi) is 7.96. The first-order valence-corrected chi connectivity index (χ1v) is 4.62. The fraction of sp³-hybridized carbons (Fsp3) is 0.143. The van der Waals surface area contributed by atoms with Crippen molar-refractivity contribution in [3.05, 3.63) is 30.3 Å².